The highest BCUT2D eigenvalue weighted by Crippen LogP contribution is 2.28. The molecule has 2 aromatic rings. The number of non-ortho nitro benzene ring substituents is 1. The molecule has 0 aliphatic heterocycles. The lowest BCUT2D eigenvalue weighted by Gasteiger charge is -2.28. The molecule has 1 fully saturated rings. The standard InChI is InChI=1S/C17H19N3O4/c21-10-11-3-5-12(6-4-11)19-17(22)14-7-8-15(20(23)24)13-2-1-9-18-16(13)14/h1-2,7-9,11-12,21H,3-6,10H2,(H,19,22). The van der Waals surface area contributed by atoms with Crippen LogP contribution in [0, 0.1) is 16.0 Å². The Bertz CT molecular complexity index is 770. The number of hydrogen-bond acceptors (Lipinski definition) is 5. The Morgan fingerprint density at radius 2 is 2.04 bits per heavy atom. The number of aliphatic hydroxyl groups excluding tert-OH is 1. The van der Waals surface area contributed by atoms with Gasteiger partial charge in [0.2, 0.25) is 0 Å². The first-order valence-electron chi connectivity index (χ1n) is 8.04. The van der Waals surface area contributed by atoms with Crippen LogP contribution in [0.3, 0.4) is 0 Å². The maximum atomic E-state index is 12.6. The molecule has 1 aliphatic rings. The maximum Gasteiger partial charge on any atom is 0.278 e. The highest BCUT2D eigenvalue weighted by molar-refractivity contribution is 6.07. The molecule has 3 rings (SSSR count). The summed E-state index contributed by atoms with van der Waals surface area (Å²) >= 11 is 0. The predicted molar refractivity (Wildman–Crippen MR) is 88.7 cm³/mol. The molecule has 24 heavy (non-hydrogen) atoms. The fraction of sp³-hybridized carbons (Fsp3) is 0.412. The highest BCUT2D eigenvalue weighted by atomic mass is 16.6. The number of rotatable bonds is 4. The van der Waals surface area contributed by atoms with Crippen molar-refractivity contribution in [3.05, 3.63) is 46.1 Å². The molecule has 2 N–H and O–H groups in total. The van der Waals surface area contributed by atoms with Crippen LogP contribution < -0.4 is 5.32 Å². The van der Waals surface area contributed by atoms with Gasteiger partial charge in [-0.25, -0.2) is 0 Å². The molecule has 0 unspecified atom stereocenters. The summed E-state index contributed by atoms with van der Waals surface area (Å²) in [5, 5.41) is 23.7. The molecule has 1 saturated carbocycles. The fourth-order valence-corrected chi connectivity index (χ4v) is 3.25. The molecule has 0 bridgehead atoms. The molecule has 1 aromatic heterocycles. The molecule has 126 valence electrons. The lowest BCUT2D eigenvalue weighted by Crippen LogP contribution is -2.38. The molecule has 7 nitrogen and oxygen atoms in total. The van der Waals surface area contributed by atoms with Gasteiger partial charge in [-0.1, -0.05) is 0 Å². The van der Waals surface area contributed by atoms with Crippen LogP contribution in [-0.4, -0.2) is 33.6 Å². The third-order valence-electron chi connectivity index (χ3n) is 4.63. The van der Waals surface area contributed by atoms with E-state index in [1.165, 1.54) is 18.3 Å². The third-order valence-corrected chi connectivity index (χ3v) is 4.63. The molecule has 0 spiro atoms. The number of aromatic nitrogens is 1. The Morgan fingerprint density at radius 1 is 1.29 bits per heavy atom. The Hall–Kier alpha value is -2.54. The summed E-state index contributed by atoms with van der Waals surface area (Å²) in [7, 11) is 0. The number of nitro groups is 1. The summed E-state index contributed by atoms with van der Waals surface area (Å²) in [6.45, 7) is 0.192. The average molecular weight is 329 g/mol. The quantitative estimate of drug-likeness (QED) is 0.662. The molecule has 0 saturated heterocycles. The van der Waals surface area contributed by atoms with Gasteiger partial charge in [-0.15, -0.1) is 0 Å². The van der Waals surface area contributed by atoms with Gasteiger partial charge in [-0.05, 0) is 49.8 Å². The summed E-state index contributed by atoms with van der Waals surface area (Å²) in [4.78, 5) is 27.4. The smallest absolute Gasteiger partial charge is 0.278 e. The number of fused-ring (bicyclic) bond motifs is 1. The first-order valence-corrected chi connectivity index (χ1v) is 8.04. The minimum atomic E-state index is -0.470. The Balaban J connectivity index is 1.83. The van der Waals surface area contributed by atoms with Crippen molar-refractivity contribution in [1.29, 1.82) is 0 Å². The summed E-state index contributed by atoms with van der Waals surface area (Å²) < 4.78 is 0. The van der Waals surface area contributed by atoms with Crippen molar-refractivity contribution in [1.82, 2.24) is 10.3 Å². The number of carbonyl (C=O) groups is 1. The summed E-state index contributed by atoms with van der Waals surface area (Å²) in [5.74, 6) is 0.0565. The molecule has 1 amide bonds. The molecule has 0 atom stereocenters. The molecule has 7 heteroatoms. The van der Waals surface area contributed by atoms with Crippen LogP contribution in [0.2, 0.25) is 0 Å². The zero-order valence-electron chi connectivity index (χ0n) is 13.1. The van der Waals surface area contributed by atoms with Crippen LogP contribution >= 0.6 is 0 Å². The molecule has 1 heterocycles. The minimum Gasteiger partial charge on any atom is -0.396 e. The zero-order valence-corrected chi connectivity index (χ0v) is 13.1. The summed E-state index contributed by atoms with van der Waals surface area (Å²) in [5.41, 5.74) is 0.631. The van der Waals surface area contributed by atoms with Crippen molar-refractivity contribution in [3.8, 4) is 0 Å². The van der Waals surface area contributed by atoms with E-state index in [4.69, 9.17) is 0 Å². The van der Waals surface area contributed by atoms with Gasteiger partial charge in [0, 0.05) is 24.9 Å². The van der Waals surface area contributed by atoms with E-state index in [9.17, 15) is 20.0 Å². The number of nitrogens with one attached hydrogen (secondary N) is 1. The van der Waals surface area contributed by atoms with Gasteiger partial charge in [-0.2, -0.15) is 0 Å². The molecule has 0 radical (unpaired) electrons. The van der Waals surface area contributed by atoms with Crippen LogP contribution in [0.15, 0.2) is 30.5 Å². The van der Waals surface area contributed by atoms with E-state index in [1.807, 2.05) is 0 Å². The topological polar surface area (TPSA) is 105 Å². The maximum absolute atomic E-state index is 12.6. The molecular formula is C17H19N3O4. The van der Waals surface area contributed by atoms with E-state index in [0.29, 0.717) is 22.4 Å². The van der Waals surface area contributed by atoms with E-state index in [0.717, 1.165) is 25.7 Å². The monoisotopic (exact) mass is 329 g/mol. The van der Waals surface area contributed by atoms with Crippen molar-refractivity contribution in [2.45, 2.75) is 31.7 Å². The SMILES string of the molecule is O=C(NC1CCC(CO)CC1)c1ccc([N+](=O)[O-])c2cccnc12. The first-order chi connectivity index (χ1) is 11.6. The van der Waals surface area contributed by atoms with Gasteiger partial charge in [0.05, 0.1) is 21.4 Å². The van der Waals surface area contributed by atoms with Crippen LogP contribution in [0.4, 0.5) is 5.69 Å². The predicted octanol–water partition coefficient (Wildman–Crippen LogP) is 2.42. The molecule has 1 aromatic carbocycles. The van der Waals surface area contributed by atoms with Crippen LogP contribution in [0.25, 0.3) is 10.9 Å². The van der Waals surface area contributed by atoms with Crippen molar-refractivity contribution >= 4 is 22.5 Å². The minimum absolute atomic E-state index is 0.0573. The third kappa shape index (κ3) is 3.21. The van der Waals surface area contributed by atoms with E-state index < -0.39 is 4.92 Å². The second-order valence-electron chi connectivity index (χ2n) is 6.16. The van der Waals surface area contributed by atoms with E-state index >= 15 is 0 Å². The Kier molecular flexibility index (Phi) is 4.71. The van der Waals surface area contributed by atoms with Gasteiger partial charge in [0.25, 0.3) is 11.6 Å². The summed E-state index contributed by atoms with van der Waals surface area (Å²) in [6, 6.07) is 6.09. The Morgan fingerprint density at radius 3 is 2.71 bits per heavy atom. The largest absolute Gasteiger partial charge is 0.396 e. The fourth-order valence-electron chi connectivity index (χ4n) is 3.25. The number of aliphatic hydroxyl groups is 1. The number of nitro benzene ring substituents is 1. The number of benzene rings is 1. The second kappa shape index (κ2) is 6.92. The number of pyridine rings is 1. The van der Waals surface area contributed by atoms with Crippen LogP contribution in [0.5, 0.6) is 0 Å². The van der Waals surface area contributed by atoms with Crippen molar-refractivity contribution in [2.24, 2.45) is 5.92 Å². The number of carbonyl (C=O) groups excluding carboxylic acids is 1. The van der Waals surface area contributed by atoms with Crippen molar-refractivity contribution < 1.29 is 14.8 Å². The molecular weight excluding hydrogens is 310 g/mol. The Labute approximate surface area is 138 Å². The van der Waals surface area contributed by atoms with Crippen LogP contribution in [0.1, 0.15) is 36.0 Å². The second-order valence-corrected chi connectivity index (χ2v) is 6.16. The van der Waals surface area contributed by atoms with Crippen molar-refractivity contribution in [3.63, 3.8) is 0 Å². The van der Waals surface area contributed by atoms with E-state index in [2.05, 4.69) is 10.3 Å². The van der Waals surface area contributed by atoms with Gasteiger partial charge in [0.1, 0.15) is 0 Å². The van der Waals surface area contributed by atoms with Crippen molar-refractivity contribution in [2.75, 3.05) is 6.61 Å². The van der Waals surface area contributed by atoms with Gasteiger partial charge < -0.3 is 10.4 Å². The number of nitrogens with zero attached hydrogens (tertiary/aromatic N) is 2. The van der Waals surface area contributed by atoms with Gasteiger partial charge >= 0.3 is 0 Å². The number of hydrogen-bond donors (Lipinski definition) is 2. The molecule has 1 aliphatic carbocycles. The average Bonchev–Trinajstić information content (AvgIpc) is 2.61. The lowest BCUT2D eigenvalue weighted by atomic mass is 9.86. The summed E-state index contributed by atoms with van der Waals surface area (Å²) in [6.07, 6.45) is 4.96. The lowest BCUT2D eigenvalue weighted by molar-refractivity contribution is -0.383. The van der Waals surface area contributed by atoms with Gasteiger partial charge in [-0.3, -0.25) is 19.9 Å². The zero-order chi connectivity index (χ0) is 17.1. The van der Waals surface area contributed by atoms with Crippen LogP contribution in [-0.2, 0) is 0 Å². The van der Waals surface area contributed by atoms with E-state index in [-0.39, 0.29) is 24.2 Å². The van der Waals surface area contributed by atoms with Gasteiger partial charge in [0.15, 0.2) is 0 Å². The first kappa shape index (κ1) is 16.3. The highest BCUT2D eigenvalue weighted by Gasteiger charge is 2.24. The van der Waals surface area contributed by atoms with E-state index in [1.54, 1.807) is 12.1 Å². The number of amides is 1. The normalized spacial score (nSPS) is 20.7.